The van der Waals surface area contributed by atoms with Crippen molar-refractivity contribution in [3.05, 3.63) is 34.9 Å². The van der Waals surface area contributed by atoms with E-state index in [4.69, 9.17) is 21.1 Å². The van der Waals surface area contributed by atoms with E-state index in [1.807, 2.05) is 25.1 Å². The molecule has 2 unspecified atom stereocenters. The van der Waals surface area contributed by atoms with Gasteiger partial charge in [-0.2, -0.15) is 0 Å². The Hall–Kier alpha value is -1.10. The Morgan fingerprint density at radius 2 is 2.05 bits per heavy atom. The predicted octanol–water partition coefficient (Wildman–Crippen LogP) is 3.74. The van der Waals surface area contributed by atoms with E-state index in [0.29, 0.717) is 11.6 Å². The van der Waals surface area contributed by atoms with Crippen LogP contribution in [0.3, 0.4) is 0 Å². The number of halogens is 1. The van der Waals surface area contributed by atoms with Crippen molar-refractivity contribution in [2.75, 3.05) is 13.7 Å². The molecule has 0 saturated carbocycles. The van der Waals surface area contributed by atoms with Gasteiger partial charge in [0.05, 0.1) is 13.0 Å². The average molecular weight is 328 g/mol. The van der Waals surface area contributed by atoms with Gasteiger partial charge in [-0.05, 0) is 45.4 Å². The van der Waals surface area contributed by atoms with Crippen molar-refractivity contribution < 1.29 is 14.3 Å². The summed E-state index contributed by atoms with van der Waals surface area (Å²) in [5, 5.41) is 4.07. The number of hydrogen-bond donors (Lipinski definition) is 1. The summed E-state index contributed by atoms with van der Waals surface area (Å²) >= 11 is 6.07. The van der Waals surface area contributed by atoms with Gasteiger partial charge >= 0.3 is 5.97 Å². The molecule has 1 aromatic carbocycles. The lowest BCUT2D eigenvalue weighted by molar-refractivity contribution is -0.152. The number of ether oxygens (including phenoxy) is 2. The first-order valence-corrected chi connectivity index (χ1v) is 7.82. The van der Waals surface area contributed by atoms with Gasteiger partial charge in [0.1, 0.15) is 6.10 Å². The summed E-state index contributed by atoms with van der Waals surface area (Å²) in [5.41, 5.74) is 0.789. The Balaban J connectivity index is 2.92. The molecule has 0 aromatic heterocycles. The second kappa shape index (κ2) is 8.51. The summed E-state index contributed by atoms with van der Waals surface area (Å²) in [6.07, 6.45) is -0.169. The Morgan fingerprint density at radius 3 is 2.59 bits per heavy atom. The molecule has 4 nitrogen and oxygen atoms in total. The number of methoxy groups -OCH3 is 1. The van der Waals surface area contributed by atoms with Gasteiger partial charge in [0.2, 0.25) is 0 Å². The van der Waals surface area contributed by atoms with Crippen LogP contribution in [0.15, 0.2) is 24.3 Å². The highest BCUT2D eigenvalue weighted by Gasteiger charge is 2.26. The molecule has 124 valence electrons. The Morgan fingerprint density at radius 1 is 1.36 bits per heavy atom. The Kier molecular flexibility index (Phi) is 7.33. The highest BCUT2D eigenvalue weighted by atomic mass is 35.5. The normalized spacial score (nSPS) is 14.5. The molecule has 0 saturated heterocycles. The number of nitrogens with one attached hydrogen (secondary N) is 1. The van der Waals surface area contributed by atoms with Gasteiger partial charge in [-0.1, -0.05) is 23.7 Å². The molecule has 0 heterocycles. The fourth-order valence-corrected chi connectivity index (χ4v) is 2.49. The Bertz CT molecular complexity index is 485. The number of carbonyl (C=O) groups excluding carboxylic acids is 1. The molecule has 5 heteroatoms. The first kappa shape index (κ1) is 18.9. The molecular weight excluding hydrogens is 302 g/mol. The van der Waals surface area contributed by atoms with Crippen molar-refractivity contribution >= 4 is 17.6 Å². The fraction of sp³-hybridized carbons (Fsp3) is 0.588. The highest BCUT2D eigenvalue weighted by Crippen LogP contribution is 2.26. The molecule has 0 radical (unpaired) electrons. The van der Waals surface area contributed by atoms with Gasteiger partial charge in [0.25, 0.3) is 0 Å². The summed E-state index contributed by atoms with van der Waals surface area (Å²) in [6, 6.07) is 7.36. The molecule has 0 bridgehead atoms. The number of hydrogen-bond acceptors (Lipinski definition) is 4. The van der Waals surface area contributed by atoms with Gasteiger partial charge in [-0.3, -0.25) is 4.79 Å². The molecule has 1 aromatic rings. The van der Waals surface area contributed by atoms with Crippen LogP contribution in [-0.2, 0) is 14.3 Å². The maximum absolute atomic E-state index is 12.0. The maximum Gasteiger partial charge on any atom is 0.308 e. The minimum Gasteiger partial charge on any atom is -0.456 e. The number of rotatable bonds is 7. The van der Waals surface area contributed by atoms with Crippen molar-refractivity contribution in [2.45, 2.75) is 51.8 Å². The monoisotopic (exact) mass is 327 g/mol. The molecule has 0 aliphatic carbocycles. The second-order valence-corrected chi connectivity index (χ2v) is 6.83. The molecule has 0 amide bonds. The SMILES string of the molecule is COCCC(=O)OC(c1cccc(Cl)c1)C(C)NC(C)(C)C. The zero-order valence-electron chi connectivity index (χ0n) is 14.0. The van der Waals surface area contributed by atoms with Crippen molar-refractivity contribution in [1.82, 2.24) is 5.32 Å². The van der Waals surface area contributed by atoms with Crippen LogP contribution >= 0.6 is 11.6 Å². The summed E-state index contributed by atoms with van der Waals surface area (Å²) in [5.74, 6) is -0.283. The maximum atomic E-state index is 12.0. The van der Waals surface area contributed by atoms with E-state index in [1.165, 1.54) is 0 Å². The van der Waals surface area contributed by atoms with Crippen LogP contribution in [-0.4, -0.2) is 31.3 Å². The predicted molar refractivity (Wildman–Crippen MR) is 89.1 cm³/mol. The molecule has 2 atom stereocenters. The first-order valence-electron chi connectivity index (χ1n) is 7.44. The molecular formula is C17H26ClNO3. The minimum atomic E-state index is -0.401. The molecule has 1 N–H and O–H groups in total. The van der Waals surface area contributed by atoms with E-state index in [2.05, 4.69) is 26.1 Å². The van der Waals surface area contributed by atoms with E-state index in [9.17, 15) is 4.79 Å². The van der Waals surface area contributed by atoms with Crippen LogP contribution in [0.25, 0.3) is 0 Å². The first-order chi connectivity index (χ1) is 10.2. The lowest BCUT2D eigenvalue weighted by Crippen LogP contribution is -2.46. The second-order valence-electron chi connectivity index (χ2n) is 6.39. The molecule has 0 aliphatic rings. The van der Waals surface area contributed by atoms with Gasteiger partial charge in [-0.15, -0.1) is 0 Å². The molecule has 1 rings (SSSR count). The zero-order chi connectivity index (χ0) is 16.8. The summed E-state index contributed by atoms with van der Waals surface area (Å²) in [7, 11) is 1.56. The largest absolute Gasteiger partial charge is 0.456 e. The molecule has 22 heavy (non-hydrogen) atoms. The van der Waals surface area contributed by atoms with E-state index < -0.39 is 6.10 Å². The quantitative estimate of drug-likeness (QED) is 0.775. The van der Waals surface area contributed by atoms with Crippen LogP contribution in [0.4, 0.5) is 0 Å². The van der Waals surface area contributed by atoms with Crippen molar-refractivity contribution in [3.8, 4) is 0 Å². The lowest BCUT2D eigenvalue weighted by Gasteiger charge is -2.32. The highest BCUT2D eigenvalue weighted by molar-refractivity contribution is 6.30. The van der Waals surface area contributed by atoms with Crippen LogP contribution in [0.2, 0.25) is 5.02 Å². The van der Waals surface area contributed by atoms with Gasteiger partial charge in [-0.25, -0.2) is 0 Å². The number of esters is 1. The van der Waals surface area contributed by atoms with Crippen LogP contribution < -0.4 is 5.32 Å². The van der Waals surface area contributed by atoms with Crippen molar-refractivity contribution in [1.29, 1.82) is 0 Å². The van der Waals surface area contributed by atoms with E-state index in [-0.39, 0.29) is 24.0 Å². The summed E-state index contributed by atoms with van der Waals surface area (Å²) < 4.78 is 10.6. The fourth-order valence-electron chi connectivity index (χ4n) is 2.29. The summed E-state index contributed by atoms with van der Waals surface area (Å²) in [4.78, 5) is 12.0. The lowest BCUT2D eigenvalue weighted by atomic mass is 9.99. The van der Waals surface area contributed by atoms with Crippen molar-refractivity contribution in [3.63, 3.8) is 0 Å². The topological polar surface area (TPSA) is 47.6 Å². The van der Waals surface area contributed by atoms with Gasteiger partial charge in [0.15, 0.2) is 0 Å². The van der Waals surface area contributed by atoms with E-state index >= 15 is 0 Å². The van der Waals surface area contributed by atoms with E-state index in [1.54, 1.807) is 13.2 Å². The molecule has 0 fully saturated rings. The van der Waals surface area contributed by atoms with Gasteiger partial charge < -0.3 is 14.8 Å². The third-order valence-electron chi connectivity index (χ3n) is 3.06. The smallest absolute Gasteiger partial charge is 0.308 e. The van der Waals surface area contributed by atoms with Crippen LogP contribution in [0, 0.1) is 0 Å². The van der Waals surface area contributed by atoms with Gasteiger partial charge in [0, 0.05) is 23.7 Å². The minimum absolute atomic E-state index is 0.0510. The number of benzene rings is 1. The van der Waals surface area contributed by atoms with Crippen LogP contribution in [0.5, 0.6) is 0 Å². The van der Waals surface area contributed by atoms with E-state index in [0.717, 1.165) is 5.56 Å². The van der Waals surface area contributed by atoms with Crippen molar-refractivity contribution in [2.24, 2.45) is 0 Å². The van der Waals surface area contributed by atoms with Crippen LogP contribution in [0.1, 0.15) is 45.8 Å². The summed E-state index contributed by atoms with van der Waals surface area (Å²) in [6.45, 7) is 8.57. The zero-order valence-corrected chi connectivity index (χ0v) is 14.7. The number of carbonyl (C=O) groups is 1. The molecule has 0 aliphatic heterocycles. The third-order valence-corrected chi connectivity index (χ3v) is 3.30. The third kappa shape index (κ3) is 6.77. The average Bonchev–Trinajstić information content (AvgIpc) is 2.40. The molecule has 0 spiro atoms. The Labute approximate surface area is 138 Å². The standard InChI is InChI=1S/C17H26ClNO3/c1-12(19-17(2,3)4)16(22-15(20)9-10-21-5)13-7-6-8-14(18)11-13/h6-8,11-12,16,19H,9-10H2,1-5H3.